The van der Waals surface area contributed by atoms with Crippen LogP contribution in [0.4, 0.5) is 4.39 Å². The van der Waals surface area contributed by atoms with E-state index in [1.54, 1.807) is 12.3 Å². The molecular formula is C11H13FN2O. The zero-order valence-electron chi connectivity index (χ0n) is 8.20. The van der Waals surface area contributed by atoms with Crippen LogP contribution < -0.4 is 5.73 Å². The van der Waals surface area contributed by atoms with E-state index in [-0.39, 0.29) is 18.5 Å². The number of aromatic amines is 1. The van der Waals surface area contributed by atoms with E-state index in [0.717, 1.165) is 16.5 Å². The van der Waals surface area contributed by atoms with Crippen molar-refractivity contribution in [2.45, 2.75) is 12.5 Å². The summed E-state index contributed by atoms with van der Waals surface area (Å²) in [5, 5.41) is 9.68. The number of nitrogens with one attached hydrogen (secondary N) is 1. The first-order chi connectivity index (χ1) is 7.20. The van der Waals surface area contributed by atoms with E-state index in [2.05, 4.69) is 4.98 Å². The monoisotopic (exact) mass is 208 g/mol. The Kier molecular flexibility index (Phi) is 2.70. The molecule has 1 aromatic carbocycles. The van der Waals surface area contributed by atoms with Crippen molar-refractivity contribution < 1.29 is 9.50 Å². The summed E-state index contributed by atoms with van der Waals surface area (Å²) in [5.74, 6) is -0.263. The van der Waals surface area contributed by atoms with Gasteiger partial charge in [0.05, 0.1) is 6.61 Å². The second-order valence-corrected chi connectivity index (χ2v) is 3.65. The predicted octanol–water partition coefficient (Wildman–Crippen LogP) is 1.17. The summed E-state index contributed by atoms with van der Waals surface area (Å²) in [6, 6.07) is 4.28. The van der Waals surface area contributed by atoms with Gasteiger partial charge in [0.2, 0.25) is 0 Å². The summed E-state index contributed by atoms with van der Waals surface area (Å²) >= 11 is 0. The molecule has 2 aromatic rings. The molecule has 0 aliphatic heterocycles. The Morgan fingerprint density at radius 3 is 3.00 bits per heavy atom. The van der Waals surface area contributed by atoms with Crippen LogP contribution in [0.25, 0.3) is 10.9 Å². The maximum Gasteiger partial charge on any atom is 0.123 e. The molecule has 4 N–H and O–H groups in total. The highest BCUT2D eigenvalue weighted by atomic mass is 19.1. The highest BCUT2D eigenvalue weighted by Gasteiger charge is 2.08. The predicted molar refractivity (Wildman–Crippen MR) is 57.0 cm³/mol. The van der Waals surface area contributed by atoms with Gasteiger partial charge in [0.1, 0.15) is 5.82 Å². The summed E-state index contributed by atoms with van der Waals surface area (Å²) in [6.45, 7) is -0.0675. The minimum atomic E-state index is -0.299. The molecule has 15 heavy (non-hydrogen) atoms. The van der Waals surface area contributed by atoms with Crippen LogP contribution in [0.1, 0.15) is 5.56 Å². The lowest BCUT2D eigenvalue weighted by Gasteiger charge is -2.06. The Bertz CT molecular complexity index is 467. The minimum Gasteiger partial charge on any atom is -0.395 e. The smallest absolute Gasteiger partial charge is 0.123 e. The molecule has 0 unspecified atom stereocenters. The fourth-order valence-corrected chi connectivity index (χ4v) is 1.67. The zero-order valence-corrected chi connectivity index (χ0v) is 8.20. The number of H-pyrrole nitrogens is 1. The van der Waals surface area contributed by atoms with Gasteiger partial charge < -0.3 is 15.8 Å². The fraction of sp³-hybridized carbons (Fsp3) is 0.273. The topological polar surface area (TPSA) is 62.0 Å². The van der Waals surface area contributed by atoms with Gasteiger partial charge in [-0.2, -0.15) is 0 Å². The minimum absolute atomic E-state index is 0.0675. The Balaban J connectivity index is 2.39. The molecule has 0 bridgehead atoms. The van der Waals surface area contributed by atoms with Gasteiger partial charge in [0.15, 0.2) is 0 Å². The van der Waals surface area contributed by atoms with Gasteiger partial charge in [-0.15, -0.1) is 0 Å². The van der Waals surface area contributed by atoms with Crippen LogP contribution in [0, 0.1) is 5.82 Å². The molecule has 0 radical (unpaired) electrons. The molecule has 0 aliphatic carbocycles. The average molecular weight is 208 g/mol. The number of rotatable bonds is 3. The number of hydrogen-bond donors (Lipinski definition) is 3. The van der Waals surface area contributed by atoms with Crippen molar-refractivity contribution in [3.05, 3.63) is 35.8 Å². The standard InChI is InChI=1S/C11H13FN2O/c12-8-1-2-11-10(4-8)7(5-14-11)3-9(13)6-15/h1-2,4-5,9,14-15H,3,6,13H2/t9-/m1/s1. The van der Waals surface area contributed by atoms with E-state index in [9.17, 15) is 4.39 Å². The van der Waals surface area contributed by atoms with Crippen LogP contribution in [-0.4, -0.2) is 22.7 Å². The van der Waals surface area contributed by atoms with Gasteiger partial charge in [-0.05, 0) is 30.2 Å². The van der Waals surface area contributed by atoms with Crippen LogP contribution in [-0.2, 0) is 6.42 Å². The lowest BCUT2D eigenvalue weighted by molar-refractivity contribution is 0.265. The Hall–Kier alpha value is -1.39. The van der Waals surface area contributed by atoms with Crippen molar-refractivity contribution in [2.24, 2.45) is 5.73 Å². The average Bonchev–Trinajstić information content (AvgIpc) is 2.61. The molecule has 80 valence electrons. The zero-order chi connectivity index (χ0) is 10.8. The maximum absolute atomic E-state index is 13.0. The van der Waals surface area contributed by atoms with Gasteiger partial charge >= 0.3 is 0 Å². The van der Waals surface area contributed by atoms with Crippen molar-refractivity contribution in [2.75, 3.05) is 6.61 Å². The number of aliphatic hydroxyl groups excluding tert-OH is 1. The Morgan fingerprint density at radius 2 is 2.27 bits per heavy atom. The SMILES string of the molecule is N[C@@H](CO)Cc1c[nH]c2ccc(F)cc12. The first kappa shape index (κ1) is 10.1. The number of hydrogen-bond acceptors (Lipinski definition) is 2. The van der Waals surface area contributed by atoms with Gasteiger partial charge in [-0.1, -0.05) is 0 Å². The van der Waals surface area contributed by atoms with Crippen molar-refractivity contribution in [3.8, 4) is 0 Å². The second kappa shape index (κ2) is 4.00. The third-order valence-corrected chi connectivity index (χ3v) is 2.45. The number of fused-ring (bicyclic) bond motifs is 1. The number of aliphatic hydroxyl groups is 1. The van der Waals surface area contributed by atoms with E-state index >= 15 is 0 Å². The van der Waals surface area contributed by atoms with Crippen LogP contribution >= 0.6 is 0 Å². The third-order valence-electron chi connectivity index (χ3n) is 2.45. The summed E-state index contributed by atoms with van der Waals surface area (Å²) in [4.78, 5) is 3.04. The largest absolute Gasteiger partial charge is 0.395 e. The van der Waals surface area contributed by atoms with Crippen molar-refractivity contribution >= 4 is 10.9 Å². The molecule has 0 spiro atoms. The molecule has 1 aromatic heterocycles. The first-order valence-corrected chi connectivity index (χ1v) is 4.82. The maximum atomic E-state index is 13.0. The number of halogens is 1. The molecule has 0 amide bonds. The van der Waals surface area contributed by atoms with Gasteiger partial charge in [0, 0.05) is 23.1 Å². The van der Waals surface area contributed by atoms with Crippen LogP contribution in [0.15, 0.2) is 24.4 Å². The number of benzene rings is 1. The van der Waals surface area contributed by atoms with Crippen LogP contribution in [0.5, 0.6) is 0 Å². The molecule has 0 saturated heterocycles. The van der Waals surface area contributed by atoms with Crippen molar-refractivity contribution in [1.82, 2.24) is 4.98 Å². The van der Waals surface area contributed by atoms with E-state index < -0.39 is 0 Å². The normalized spacial score (nSPS) is 13.3. The van der Waals surface area contributed by atoms with Crippen LogP contribution in [0.3, 0.4) is 0 Å². The molecule has 0 aliphatic rings. The molecule has 1 heterocycles. The molecule has 4 heteroatoms. The summed E-state index contributed by atoms with van der Waals surface area (Å²) in [5.41, 5.74) is 7.46. The van der Waals surface area contributed by atoms with Crippen LogP contribution in [0.2, 0.25) is 0 Å². The molecule has 3 nitrogen and oxygen atoms in total. The third kappa shape index (κ3) is 2.00. The lowest BCUT2D eigenvalue weighted by atomic mass is 10.1. The second-order valence-electron chi connectivity index (χ2n) is 3.65. The van der Waals surface area contributed by atoms with E-state index in [1.807, 2.05) is 0 Å². The molecule has 0 fully saturated rings. The number of nitrogens with two attached hydrogens (primary N) is 1. The summed E-state index contributed by atoms with van der Waals surface area (Å²) in [6.07, 6.45) is 2.35. The molecule has 2 rings (SSSR count). The highest BCUT2D eigenvalue weighted by Crippen LogP contribution is 2.20. The summed E-state index contributed by atoms with van der Waals surface area (Å²) in [7, 11) is 0. The van der Waals surface area contributed by atoms with E-state index in [4.69, 9.17) is 10.8 Å². The highest BCUT2D eigenvalue weighted by molar-refractivity contribution is 5.83. The van der Waals surface area contributed by atoms with Crippen molar-refractivity contribution in [1.29, 1.82) is 0 Å². The van der Waals surface area contributed by atoms with Gasteiger partial charge in [0.25, 0.3) is 0 Å². The fourth-order valence-electron chi connectivity index (χ4n) is 1.67. The lowest BCUT2D eigenvalue weighted by Crippen LogP contribution is -2.26. The number of aromatic nitrogens is 1. The van der Waals surface area contributed by atoms with Gasteiger partial charge in [-0.25, -0.2) is 4.39 Å². The van der Waals surface area contributed by atoms with Crippen molar-refractivity contribution in [3.63, 3.8) is 0 Å². The molecule has 1 atom stereocenters. The Morgan fingerprint density at radius 1 is 1.47 bits per heavy atom. The molecule has 0 saturated carbocycles. The summed E-state index contributed by atoms with van der Waals surface area (Å²) < 4.78 is 13.0. The Labute approximate surface area is 86.7 Å². The quantitative estimate of drug-likeness (QED) is 0.709. The van der Waals surface area contributed by atoms with E-state index in [1.165, 1.54) is 12.1 Å². The van der Waals surface area contributed by atoms with Gasteiger partial charge in [-0.3, -0.25) is 0 Å². The van der Waals surface area contributed by atoms with E-state index in [0.29, 0.717) is 6.42 Å². The first-order valence-electron chi connectivity index (χ1n) is 4.82. The molecular weight excluding hydrogens is 195 g/mol.